The van der Waals surface area contributed by atoms with Crippen LogP contribution in [0.2, 0.25) is 0 Å². The molecule has 0 saturated heterocycles. The molecule has 0 fully saturated rings. The number of anilines is 2. The third-order valence-corrected chi connectivity index (χ3v) is 4.06. The maximum absolute atomic E-state index is 12.5. The van der Waals surface area contributed by atoms with Crippen LogP contribution in [0.25, 0.3) is 11.4 Å². The molecular weight excluding hydrogens is 356 g/mol. The Labute approximate surface area is 162 Å². The van der Waals surface area contributed by atoms with Gasteiger partial charge in [0.15, 0.2) is 17.3 Å². The van der Waals surface area contributed by atoms with Crippen molar-refractivity contribution in [1.82, 2.24) is 15.3 Å². The first-order valence-electron chi connectivity index (χ1n) is 9.00. The molecule has 0 unspecified atom stereocenters. The SMILES string of the molecule is CC(C)NC(=O)c1cc(Nc2ccc3c(c2)OCO3)nc(-c2ccccc2)n1. The van der Waals surface area contributed by atoms with Crippen molar-refractivity contribution >= 4 is 17.4 Å². The van der Waals surface area contributed by atoms with E-state index >= 15 is 0 Å². The smallest absolute Gasteiger partial charge is 0.270 e. The molecule has 0 bridgehead atoms. The molecule has 28 heavy (non-hydrogen) atoms. The number of hydrogen-bond acceptors (Lipinski definition) is 6. The second kappa shape index (κ2) is 7.56. The lowest BCUT2D eigenvalue weighted by Crippen LogP contribution is -2.31. The lowest BCUT2D eigenvalue weighted by Gasteiger charge is -2.12. The monoisotopic (exact) mass is 376 g/mol. The quantitative estimate of drug-likeness (QED) is 0.705. The number of amides is 1. The van der Waals surface area contributed by atoms with Crippen molar-refractivity contribution in [2.45, 2.75) is 19.9 Å². The molecule has 1 aliphatic heterocycles. The van der Waals surface area contributed by atoms with Crippen LogP contribution >= 0.6 is 0 Å². The summed E-state index contributed by atoms with van der Waals surface area (Å²) in [6, 6.07) is 16.7. The van der Waals surface area contributed by atoms with Crippen LogP contribution in [0.15, 0.2) is 54.6 Å². The van der Waals surface area contributed by atoms with Gasteiger partial charge in [-0.2, -0.15) is 0 Å². The van der Waals surface area contributed by atoms with Gasteiger partial charge in [-0.15, -0.1) is 0 Å². The zero-order valence-electron chi connectivity index (χ0n) is 15.6. The highest BCUT2D eigenvalue weighted by Crippen LogP contribution is 2.35. The van der Waals surface area contributed by atoms with Gasteiger partial charge in [0.2, 0.25) is 6.79 Å². The molecule has 0 spiro atoms. The van der Waals surface area contributed by atoms with Crippen LogP contribution in [0.3, 0.4) is 0 Å². The summed E-state index contributed by atoms with van der Waals surface area (Å²) in [6.45, 7) is 4.02. The van der Waals surface area contributed by atoms with Crippen molar-refractivity contribution in [3.8, 4) is 22.9 Å². The van der Waals surface area contributed by atoms with Gasteiger partial charge in [0.25, 0.3) is 5.91 Å². The average molecular weight is 376 g/mol. The standard InChI is InChI=1S/C21H20N4O3/c1-13(2)22-21(26)16-11-19(25-20(24-16)14-6-4-3-5-7-14)23-15-8-9-17-18(10-15)28-12-27-17/h3-11,13H,12H2,1-2H3,(H,22,26)(H,23,24,25). The molecule has 1 aromatic heterocycles. The third kappa shape index (κ3) is 3.88. The molecule has 0 saturated carbocycles. The molecule has 3 aromatic rings. The summed E-state index contributed by atoms with van der Waals surface area (Å²) in [4.78, 5) is 21.6. The first-order valence-corrected chi connectivity index (χ1v) is 9.00. The second-order valence-corrected chi connectivity index (χ2v) is 6.65. The molecule has 4 rings (SSSR count). The van der Waals surface area contributed by atoms with Gasteiger partial charge in [-0.25, -0.2) is 9.97 Å². The Morgan fingerprint density at radius 3 is 2.57 bits per heavy atom. The fourth-order valence-electron chi connectivity index (χ4n) is 2.80. The zero-order chi connectivity index (χ0) is 19.5. The molecule has 2 heterocycles. The van der Waals surface area contributed by atoms with Crippen molar-refractivity contribution in [3.63, 3.8) is 0 Å². The number of ether oxygens (including phenoxy) is 2. The predicted octanol–water partition coefficient (Wildman–Crippen LogP) is 3.75. The Morgan fingerprint density at radius 1 is 1.00 bits per heavy atom. The van der Waals surface area contributed by atoms with E-state index in [1.165, 1.54) is 0 Å². The number of rotatable bonds is 5. The van der Waals surface area contributed by atoms with Gasteiger partial charge >= 0.3 is 0 Å². The van der Waals surface area contributed by atoms with E-state index in [1.54, 1.807) is 6.07 Å². The van der Waals surface area contributed by atoms with E-state index in [1.807, 2.05) is 62.4 Å². The largest absolute Gasteiger partial charge is 0.454 e. The van der Waals surface area contributed by atoms with Crippen LogP contribution in [-0.2, 0) is 0 Å². The van der Waals surface area contributed by atoms with Crippen molar-refractivity contribution in [1.29, 1.82) is 0 Å². The van der Waals surface area contributed by atoms with Crippen LogP contribution < -0.4 is 20.1 Å². The van der Waals surface area contributed by atoms with Crippen LogP contribution in [-0.4, -0.2) is 28.7 Å². The number of fused-ring (bicyclic) bond motifs is 1. The van der Waals surface area contributed by atoms with E-state index in [4.69, 9.17) is 9.47 Å². The third-order valence-electron chi connectivity index (χ3n) is 4.06. The van der Waals surface area contributed by atoms with Crippen molar-refractivity contribution < 1.29 is 14.3 Å². The average Bonchev–Trinajstić information content (AvgIpc) is 3.16. The summed E-state index contributed by atoms with van der Waals surface area (Å²) in [5.74, 6) is 2.11. The summed E-state index contributed by atoms with van der Waals surface area (Å²) < 4.78 is 10.8. The minimum Gasteiger partial charge on any atom is -0.454 e. The lowest BCUT2D eigenvalue weighted by molar-refractivity contribution is 0.0938. The van der Waals surface area contributed by atoms with Gasteiger partial charge in [0.1, 0.15) is 11.5 Å². The van der Waals surface area contributed by atoms with Crippen molar-refractivity contribution in [2.75, 3.05) is 12.1 Å². The number of carbonyl (C=O) groups is 1. The highest BCUT2D eigenvalue weighted by molar-refractivity contribution is 5.93. The molecule has 7 nitrogen and oxygen atoms in total. The molecule has 7 heteroatoms. The van der Waals surface area contributed by atoms with E-state index in [2.05, 4.69) is 20.6 Å². The maximum Gasteiger partial charge on any atom is 0.270 e. The molecule has 0 radical (unpaired) electrons. The summed E-state index contributed by atoms with van der Waals surface area (Å²) in [7, 11) is 0. The minimum atomic E-state index is -0.247. The number of aromatic nitrogens is 2. The number of benzene rings is 2. The van der Waals surface area contributed by atoms with E-state index in [9.17, 15) is 4.79 Å². The Kier molecular flexibility index (Phi) is 4.80. The van der Waals surface area contributed by atoms with Gasteiger partial charge in [-0.3, -0.25) is 4.79 Å². The summed E-state index contributed by atoms with van der Waals surface area (Å²) in [5.41, 5.74) is 1.90. The zero-order valence-corrected chi connectivity index (χ0v) is 15.6. The molecule has 1 amide bonds. The summed E-state index contributed by atoms with van der Waals surface area (Å²) in [5, 5.41) is 6.09. The highest BCUT2D eigenvalue weighted by Gasteiger charge is 2.16. The van der Waals surface area contributed by atoms with E-state index in [-0.39, 0.29) is 18.7 Å². The fourth-order valence-corrected chi connectivity index (χ4v) is 2.80. The Hall–Kier alpha value is -3.61. The van der Waals surface area contributed by atoms with E-state index < -0.39 is 0 Å². The van der Waals surface area contributed by atoms with Crippen LogP contribution in [0.4, 0.5) is 11.5 Å². The van der Waals surface area contributed by atoms with Crippen LogP contribution in [0.1, 0.15) is 24.3 Å². The molecule has 1 aliphatic rings. The molecule has 2 N–H and O–H groups in total. The molecular formula is C21H20N4O3. The van der Waals surface area contributed by atoms with E-state index in [0.717, 1.165) is 11.3 Å². The van der Waals surface area contributed by atoms with Gasteiger partial charge < -0.3 is 20.1 Å². The lowest BCUT2D eigenvalue weighted by atomic mass is 10.2. The maximum atomic E-state index is 12.5. The Morgan fingerprint density at radius 2 is 1.79 bits per heavy atom. The van der Waals surface area contributed by atoms with Crippen LogP contribution in [0.5, 0.6) is 11.5 Å². The highest BCUT2D eigenvalue weighted by atomic mass is 16.7. The molecule has 0 aliphatic carbocycles. The predicted molar refractivity (Wildman–Crippen MR) is 106 cm³/mol. The first-order chi connectivity index (χ1) is 13.6. The van der Waals surface area contributed by atoms with E-state index in [0.29, 0.717) is 28.8 Å². The summed E-state index contributed by atoms with van der Waals surface area (Å²) >= 11 is 0. The van der Waals surface area contributed by atoms with Crippen molar-refractivity contribution in [3.05, 3.63) is 60.3 Å². The Balaban J connectivity index is 1.70. The van der Waals surface area contributed by atoms with Gasteiger partial charge in [0.05, 0.1) is 0 Å². The van der Waals surface area contributed by atoms with Gasteiger partial charge in [-0.05, 0) is 26.0 Å². The topological polar surface area (TPSA) is 85.4 Å². The fraction of sp³-hybridized carbons (Fsp3) is 0.190. The van der Waals surface area contributed by atoms with Gasteiger partial charge in [-0.1, -0.05) is 30.3 Å². The Bertz CT molecular complexity index is 1010. The number of hydrogen-bond donors (Lipinski definition) is 2. The number of nitrogens with zero attached hydrogens (tertiary/aromatic N) is 2. The van der Waals surface area contributed by atoms with Crippen LogP contribution in [0, 0.1) is 0 Å². The number of nitrogens with one attached hydrogen (secondary N) is 2. The first kappa shape index (κ1) is 17.8. The van der Waals surface area contributed by atoms with Gasteiger partial charge in [0, 0.05) is 29.4 Å². The normalized spacial score (nSPS) is 12.1. The molecule has 0 atom stereocenters. The minimum absolute atomic E-state index is 0.00732. The molecule has 142 valence electrons. The molecule has 2 aromatic carbocycles. The van der Waals surface area contributed by atoms with Crippen molar-refractivity contribution in [2.24, 2.45) is 0 Å². The summed E-state index contributed by atoms with van der Waals surface area (Å²) in [6.07, 6.45) is 0. The number of carbonyl (C=O) groups excluding carboxylic acids is 1. The second-order valence-electron chi connectivity index (χ2n) is 6.65.